The van der Waals surface area contributed by atoms with E-state index in [-0.39, 0.29) is 42.5 Å². The molecule has 0 bridgehead atoms. The van der Waals surface area contributed by atoms with E-state index in [1.54, 1.807) is 30.3 Å². The Kier molecular flexibility index (Phi) is 6.21. The van der Waals surface area contributed by atoms with Gasteiger partial charge in [0.1, 0.15) is 0 Å². The minimum atomic E-state index is -3.71. The second kappa shape index (κ2) is 9.07. The number of sulfonamides is 1. The van der Waals surface area contributed by atoms with Crippen molar-refractivity contribution in [3.63, 3.8) is 0 Å². The molecule has 4 amide bonds. The summed E-state index contributed by atoms with van der Waals surface area (Å²) in [5, 5.41) is 5.19. The van der Waals surface area contributed by atoms with Gasteiger partial charge >= 0.3 is 6.03 Å². The quantitative estimate of drug-likeness (QED) is 0.623. The zero-order valence-electron chi connectivity index (χ0n) is 17.1. The third-order valence-corrected chi connectivity index (χ3v) is 7.09. The molecule has 0 spiro atoms. The summed E-state index contributed by atoms with van der Waals surface area (Å²) in [6.45, 7) is 1.36. The summed E-state index contributed by atoms with van der Waals surface area (Å²) in [4.78, 5) is 37.2. The monoisotopic (exact) mass is 458 g/mol. The van der Waals surface area contributed by atoms with Gasteiger partial charge in [-0.05, 0) is 35.9 Å². The third kappa shape index (κ3) is 4.64. The topological polar surface area (TPSA) is 125 Å². The van der Waals surface area contributed by atoms with Gasteiger partial charge in [-0.1, -0.05) is 18.2 Å². The fraction of sp³-hybridized carbons (Fsp3) is 0.286. The Bertz CT molecular complexity index is 1130. The average molecular weight is 458 g/mol. The number of anilines is 1. The zero-order valence-corrected chi connectivity index (χ0v) is 17.9. The first-order valence-corrected chi connectivity index (χ1v) is 11.4. The van der Waals surface area contributed by atoms with Gasteiger partial charge in [-0.3, -0.25) is 14.5 Å². The maximum Gasteiger partial charge on any atom is 0.324 e. The van der Waals surface area contributed by atoms with Gasteiger partial charge in [-0.15, -0.1) is 0 Å². The number of nitrogens with one attached hydrogen (secondary N) is 2. The predicted molar refractivity (Wildman–Crippen MR) is 114 cm³/mol. The van der Waals surface area contributed by atoms with Crippen LogP contribution in [0.3, 0.4) is 0 Å². The SMILES string of the molecule is O=C(Nc1ccc(CN2C(=O)CNC2=O)cc1)c1cccc(S(=O)(=O)N2CCOCC2)c1. The van der Waals surface area contributed by atoms with E-state index in [9.17, 15) is 22.8 Å². The number of carbonyl (C=O) groups is 3. The van der Waals surface area contributed by atoms with Crippen LogP contribution in [-0.2, 0) is 26.1 Å². The van der Waals surface area contributed by atoms with Gasteiger partial charge in [0.05, 0.1) is 31.2 Å². The Morgan fingerprint density at radius 3 is 2.44 bits per heavy atom. The van der Waals surface area contributed by atoms with Gasteiger partial charge in [0, 0.05) is 24.3 Å². The standard InChI is InChI=1S/C21H22N4O6S/c26-19-13-22-21(28)25(19)14-15-4-6-17(7-5-15)23-20(27)16-2-1-3-18(12-16)32(29,30)24-8-10-31-11-9-24/h1-7,12H,8-11,13-14H2,(H,22,28)(H,23,27). The largest absolute Gasteiger partial charge is 0.379 e. The van der Waals surface area contributed by atoms with E-state index in [0.717, 1.165) is 10.5 Å². The smallest absolute Gasteiger partial charge is 0.324 e. The van der Waals surface area contributed by atoms with Crippen LogP contribution in [0.1, 0.15) is 15.9 Å². The summed E-state index contributed by atoms with van der Waals surface area (Å²) < 4.78 is 32.2. The fourth-order valence-corrected chi connectivity index (χ4v) is 4.88. The summed E-state index contributed by atoms with van der Waals surface area (Å²) in [6.07, 6.45) is 0. The van der Waals surface area contributed by atoms with Gasteiger partial charge in [0.15, 0.2) is 0 Å². The minimum Gasteiger partial charge on any atom is -0.379 e. The second-order valence-corrected chi connectivity index (χ2v) is 9.27. The molecule has 4 rings (SSSR count). The van der Waals surface area contributed by atoms with Crippen molar-refractivity contribution in [1.82, 2.24) is 14.5 Å². The van der Waals surface area contributed by atoms with Crippen LogP contribution in [0, 0.1) is 0 Å². The van der Waals surface area contributed by atoms with Crippen LogP contribution < -0.4 is 10.6 Å². The first-order valence-electron chi connectivity index (χ1n) is 10.0. The van der Waals surface area contributed by atoms with Gasteiger partial charge in [-0.25, -0.2) is 13.2 Å². The molecule has 2 aromatic carbocycles. The Morgan fingerprint density at radius 2 is 1.78 bits per heavy atom. The lowest BCUT2D eigenvalue weighted by Crippen LogP contribution is -2.40. The van der Waals surface area contributed by atoms with Crippen molar-refractivity contribution in [2.24, 2.45) is 0 Å². The molecule has 0 radical (unpaired) electrons. The van der Waals surface area contributed by atoms with E-state index in [4.69, 9.17) is 4.74 Å². The zero-order chi connectivity index (χ0) is 22.7. The number of imide groups is 1. The highest BCUT2D eigenvalue weighted by molar-refractivity contribution is 7.89. The number of amides is 4. The number of nitrogens with zero attached hydrogens (tertiary/aromatic N) is 2. The number of hydrogen-bond acceptors (Lipinski definition) is 6. The highest BCUT2D eigenvalue weighted by Crippen LogP contribution is 2.20. The lowest BCUT2D eigenvalue weighted by atomic mass is 10.1. The first-order chi connectivity index (χ1) is 15.3. The lowest BCUT2D eigenvalue weighted by Gasteiger charge is -2.26. The van der Waals surface area contributed by atoms with Gasteiger partial charge in [0.25, 0.3) is 5.91 Å². The summed E-state index contributed by atoms with van der Waals surface area (Å²) in [5.74, 6) is -0.745. The number of benzene rings is 2. The second-order valence-electron chi connectivity index (χ2n) is 7.33. The van der Waals surface area contributed by atoms with Crippen molar-refractivity contribution in [3.05, 3.63) is 59.7 Å². The maximum atomic E-state index is 12.8. The summed E-state index contributed by atoms with van der Waals surface area (Å²) in [5.41, 5.74) is 1.44. The van der Waals surface area contributed by atoms with E-state index in [2.05, 4.69) is 10.6 Å². The third-order valence-electron chi connectivity index (χ3n) is 5.19. The van der Waals surface area contributed by atoms with Crippen molar-refractivity contribution in [2.75, 3.05) is 38.2 Å². The maximum absolute atomic E-state index is 12.8. The molecule has 0 aromatic heterocycles. The number of ether oxygens (including phenoxy) is 1. The number of rotatable bonds is 6. The molecule has 2 aliphatic rings. The molecule has 0 aliphatic carbocycles. The Labute approximate surface area is 185 Å². The molecule has 2 heterocycles. The first kappa shape index (κ1) is 21.9. The molecule has 2 saturated heterocycles. The van der Waals surface area contributed by atoms with E-state index in [1.165, 1.54) is 22.5 Å². The number of morpholine rings is 1. The van der Waals surface area contributed by atoms with Crippen LogP contribution in [0.4, 0.5) is 10.5 Å². The Hall–Kier alpha value is -3.28. The summed E-state index contributed by atoms with van der Waals surface area (Å²) in [7, 11) is -3.71. The molecule has 168 valence electrons. The van der Waals surface area contributed by atoms with E-state index in [1.807, 2.05) is 0 Å². The van der Waals surface area contributed by atoms with Crippen molar-refractivity contribution in [2.45, 2.75) is 11.4 Å². The highest BCUT2D eigenvalue weighted by Gasteiger charge is 2.28. The Balaban J connectivity index is 1.43. The van der Waals surface area contributed by atoms with E-state index < -0.39 is 22.0 Å². The number of urea groups is 1. The lowest BCUT2D eigenvalue weighted by molar-refractivity contribution is -0.125. The van der Waals surface area contributed by atoms with E-state index in [0.29, 0.717) is 18.9 Å². The fourth-order valence-electron chi connectivity index (χ4n) is 3.43. The van der Waals surface area contributed by atoms with Gasteiger partial charge in [0.2, 0.25) is 15.9 Å². The van der Waals surface area contributed by atoms with Crippen molar-refractivity contribution >= 4 is 33.6 Å². The van der Waals surface area contributed by atoms with Crippen molar-refractivity contribution in [3.8, 4) is 0 Å². The molecule has 2 fully saturated rings. The van der Waals surface area contributed by atoms with E-state index >= 15 is 0 Å². The summed E-state index contributed by atoms with van der Waals surface area (Å²) in [6, 6.07) is 12.2. The molecule has 10 nitrogen and oxygen atoms in total. The average Bonchev–Trinajstić information content (AvgIpc) is 3.13. The van der Waals surface area contributed by atoms with Crippen LogP contribution in [0.15, 0.2) is 53.4 Å². The highest BCUT2D eigenvalue weighted by atomic mass is 32.2. The van der Waals surface area contributed by atoms with Crippen LogP contribution in [0.2, 0.25) is 0 Å². The molecule has 2 aromatic rings. The Morgan fingerprint density at radius 1 is 1.06 bits per heavy atom. The van der Waals surface area contributed by atoms with Crippen LogP contribution >= 0.6 is 0 Å². The predicted octanol–water partition coefficient (Wildman–Crippen LogP) is 1.01. The number of hydrogen-bond donors (Lipinski definition) is 2. The van der Waals surface area contributed by atoms with Crippen molar-refractivity contribution < 1.29 is 27.5 Å². The molecule has 32 heavy (non-hydrogen) atoms. The molecule has 2 aliphatic heterocycles. The summed E-state index contributed by atoms with van der Waals surface area (Å²) >= 11 is 0. The molecular weight excluding hydrogens is 436 g/mol. The normalized spacial score (nSPS) is 17.3. The molecular formula is C21H22N4O6S. The van der Waals surface area contributed by atoms with Crippen LogP contribution in [-0.4, -0.2) is 68.3 Å². The van der Waals surface area contributed by atoms with Gasteiger partial charge in [-0.2, -0.15) is 4.31 Å². The molecule has 0 atom stereocenters. The molecule has 2 N–H and O–H groups in total. The molecule has 0 unspecified atom stereocenters. The number of carbonyl (C=O) groups excluding carboxylic acids is 3. The van der Waals surface area contributed by atoms with Gasteiger partial charge < -0.3 is 15.4 Å². The van der Waals surface area contributed by atoms with Crippen molar-refractivity contribution in [1.29, 1.82) is 0 Å². The molecule has 0 saturated carbocycles. The van der Waals surface area contributed by atoms with Crippen LogP contribution in [0.25, 0.3) is 0 Å². The minimum absolute atomic E-state index is 0.00665. The van der Waals surface area contributed by atoms with Crippen LogP contribution in [0.5, 0.6) is 0 Å². The molecule has 11 heteroatoms.